The zero-order chi connectivity index (χ0) is 17.3. The van der Waals surface area contributed by atoms with Crippen molar-refractivity contribution in [3.8, 4) is 16.9 Å². The summed E-state index contributed by atoms with van der Waals surface area (Å²) in [5.74, 6) is -0.316. The molecule has 3 rings (SSSR count). The Balaban J connectivity index is 2.12. The Kier molecular flexibility index (Phi) is 4.44. The molecule has 0 saturated carbocycles. The molecule has 5 nitrogen and oxygen atoms in total. The van der Waals surface area contributed by atoms with E-state index in [9.17, 15) is 12.8 Å². The maximum Gasteiger partial charge on any atom is 0.238 e. The van der Waals surface area contributed by atoms with E-state index in [2.05, 4.69) is 4.98 Å². The van der Waals surface area contributed by atoms with Crippen LogP contribution < -0.4 is 5.14 Å². The van der Waals surface area contributed by atoms with Gasteiger partial charge in [-0.3, -0.25) is 4.57 Å². The lowest BCUT2D eigenvalue weighted by atomic mass is 10.1. The smallest absolute Gasteiger partial charge is 0.238 e. The molecular weight excluding hydrogens is 349 g/mol. The van der Waals surface area contributed by atoms with Crippen LogP contribution in [0.2, 0.25) is 0 Å². The predicted octanol–water partition coefficient (Wildman–Crippen LogP) is 3.05. The predicted molar refractivity (Wildman–Crippen MR) is 92.1 cm³/mol. The summed E-state index contributed by atoms with van der Waals surface area (Å²) in [6, 6.07) is 12.3. The van der Waals surface area contributed by atoms with Crippen LogP contribution >= 0.6 is 11.8 Å². The number of halogens is 1. The van der Waals surface area contributed by atoms with Gasteiger partial charge >= 0.3 is 0 Å². The van der Waals surface area contributed by atoms with E-state index in [0.29, 0.717) is 0 Å². The van der Waals surface area contributed by atoms with Crippen LogP contribution in [0.4, 0.5) is 4.39 Å². The van der Waals surface area contributed by atoms with Gasteiger partial charge in [-0.25, -0.2) is 22.9 Å². The number of primary sulfonamides is 1. The Morgan fingerprint density at radius 3 is 2.25 bits per heavy atom. The molecule has 3 aromatic rings. The van der Waals surface area contributed by atoms with Gasteiger partial charge in [0.15, 0.2) is 5.16 Å². The van der Waals surface area contributed by atoms with Gasteiger partial charge < -0.3 is 0 Å². The molecule has 0 bridgehead atoms. The second-order valence-electron chi connectivity index (χ2n) is 5.01. The minimum atomic E-state index is -3.74. The first kappa shape index (κ1) is 16.7. The highest BCUT2D eigenvalue weighted by Crippen LogP contribution is 2.29. The lowest BCUT2D eigenvalue weighted by Gasteiger charge is -2.11. The molecule has 0 saturated heterocycles. The number of thioether (sulfide) groups is 1. The molecule has 8 heteroatoms. The molecule has 0 radical (unpaired) electrons. The molecule has 0 atom stereocenters. The summed E-state index contributed by atoms with van der Waals surface area (Å²) >= 11 is 1.46. The molecule has 0 fully saturated rings. The largest absolute Gasteiger partial charge is 0.287 e. The number of hydrogen-bond donors (Lipinski definition) is 1. The van der Waals surface area contributed by atoms with Crippen LogP contribution in [0.1, 0.15) is 0 Å². The molecule has 124 valence electrons. The van der Waals surface area contributed by atoms with Gasteiger partial charge in [0.1, 0.15) is 5.82 Å². The average molecular weight is 363 g/mol. The van der Waals surface area contributed by atoms with Crippen molar-refractivity contribution in [1.29, 1.82) is 0 Å². The van der Waals surface area contributed by atoms with Crippen molar-refractivity contribution in [3.63, 3.8) is 0 Å². The zero-order valence-electron chi connectivity index (χ0n) is 12.7. The van der Waals surface area contributed by atoms with Gasteiger partial charge in [0.05, 0.1) is 16.8 Å². The Bertz CT molecular complexity index is 966. The normalized spacial score (nSPS) is 11.6. The van der Waals surface area contributed by atoms with E-state index in [-0.39, 0.29) is 10.7 Å². The summed E-state index contributed by atoms with van der Waals surface area (Å²) in [6.45, 7) is 0. The third kappa shape index (κ3) is 3.21. The molecule has 24 heavy (non-hydrogen) atoms. The van der Waals surface area contributed by atoms with E-state index in [0.717, 1.165) is 22.1 Å². The highest BCUT2D eigenvalue weighted by molar-refractivity contribution is 7.98. The maximum absolute atomic E-state index is 13.2. The Morgan fingerprint density at radius 2 is 1.71 bits per heavy atom. The lowest BCUT2D eigenvalue weighted by Crippen LogP contribution is -2.11. The topological polar surface area (TPSA) is 78.0 Å². The van der Waals surface area contributed by atoms with Gasteiger partial charge in [0, 0.05) is 11.3 Å². The van der Waals surface area contributed by atoms with E-state index in [4.69, 9.17) is 5.14 Å². The zero-order valence-corrected chi connectivity index (χ0v) is 14.3. The van der Waals surface area contributed by atoms with Gasteiger partial charge in [-0.2, -0.15) is 0 Å². The standard InChI is InChI=1S/C16H14FN3O2S2/c1-23-16-19-10-15(20(16)13-6-4-12(17)5-7-13)11-2-8-14(9-3-11)24(18,21)22/h2-10H,1H3,(H2,18,21,22). The minimum Gasteiger partial charge on any atom is -0.287 e. The Labute approximate surface area is 143 Å². The van der Waals surface area contributed by atoms with Crippen molar-refractivity contribution in [2.45, 2.75) is 10.1 Å². The number of aromatic nitrogens is 2. The molecule has 0 spiro atoms. The SMILES string of the molecule is CSc1ncc(-c2ccc(S(N)(=O)=O)cc2)n1-c1ccc(F)cc1. The maximum atomic E-state index is 13.2. The average Bonchev–Trinajstić information content (AvgIpc) is 2.99. The van der Waals surface area contributed by atoms with Crippen molar-refractivity contribution in [1.82, 2.24) is 9.55 Å². The molecule has 0 aliphatic heterocycles. The van der Waals surface area contributed by atoms with Gasteiger partial charge in [-0.05, 0) is 42.7 Å². The van der Waals surface area contributed by atoms with Crippen molar-refractivity contribution < 1.29 is 12.8 Å². The second kappa shape index (κ2) is 6.39. The number of benzene rings is 2. The van der Waals surface area contributed by atoms with Gasteiger partial charge in [0.2, 0.25) is 10.0 Å². The van der Waals surface area contributed by atoms with Gasteiger partial charge in [0.25, 0.3) is 0 Å². The summed E-state index contributed by atoms with van der Waals surface area (Å²) in [7, 11) is -3.74. The molecule has 1 heterocycles. The molecule has 1 aromatic heterocycles. The minimum absolute atomic E-state index is 0.0455. The van der Waals surface area contributed by atoms with Crippen LogP contribution in [0, 0.1) is 5.82 Å². The molecule has 2 aromatic carbocycles. The molecule has 0 unspecified atom stereocenters. The summed E-state index contributed by atoms with van der Waals surface area (Å²) < 4.78 is 37.8. The lowest BCUT2D eigenvalue weighted by molar-refractivity contribution is 0.598. The molecule has 2 N–H and O–H groups in total. The number of hydrogen-bond acceptors (Lipinski definition) is 4. The van der Waals surface area contributed by atoms with Crippen LogP contribution in [0.15, 0.2) is 64.8 Å². The number of nitrogens with zero attached hydrogens (tertiary/aromatic N) is 2. The monoisotopic (exact) mass is 363 g/mol. The summed E-state index contributed by atoms with van der Waals surface area (Å²) in [5.41, 5.74) is 2.32. The fraction of sp³-hybridized carbons (Fsp3) is 0.0625. The van der Waals surface area contributed by atoms with E-state index in [1.807, 2.05) is 10.8 Å². The van der Waals surface area contributed by atoms with E-state index in [1.165, 1.54) is 36.0 Å². The third-order valence-electron chi connectivity index (χ3n) is 3.48. The molecular formula is C16H14FN3O2S2. The quantitative estimate of drug-likeness (QED) is 0.723. The van der Waals surface area contributed by atoms with Crippen LogP contribution in [-0.4, -0.2) is 24.2 Å². The number of nitrogens with two attached hydrogens (primary N) is 1. The van der Waals surface area contributed by atoms with E-state index in [1.54, 1.807) is 30.5 Å². The molecule has 0 aliphatic rings. The summed E-state index contributed by atoms with van der Waals surface area (Å²) in [4.78, 5) is 4.42. The first-order chi connectivity index (χ1) is 11.4. The summed E-state index contributed by atoms with van der Waals surface area (Å²) in [6.07, 6.45) is 3.59. The van der Waals surface area contributed by atoms with Crippen molar-refractivity contribution >= 4 is 21.8 Å². The van der Waals surface area contributed by atoms with Crippen molar-refractivity contribution in [3.05, 3.63) is 60.5 Å². The Morgan fingerprint density at radius 1 is 1.08 bits per heavy atom. The second-order valence-corrected chi connectivity index (χ2v) is 7.35. The third-order valence-corrected chi connectivity index (χ3v) is 5.06. The van der Waals surface area contributed by atoms with Crippen LogP contribution in [0.5, 0.6) is 0 Å². The highest BCUT2D eigenvalue weighted by Gasteiger charge is 2.14. The molecule has 0 amide bonds. The number of sulfonamides is 1. The van der Waals surface area contributed by atoms with Crippen LogP contribution in [-0.2, 0) is 10.0 Å². The number of imidazole rings is 1. The fourth-order valence-corrected chi connectivity index (χ4v) is 3.40. The summed E-state index contributed by atoms with van der Waals surface area (Å²) in [5, 5.41) is 5.86. The first-order valence-corrected chi connectivity index (χ1v) is 9.68. The fourth-order valence-electron chi connectivity index (χ4n) is 2.34. The highest BCUT2D eigenvalue weighted by atomic mass is 32.2. The first-order valence-electron chi connectivity index (χ1n) is 6.91. The van der Waals surface area contributed by atoms with Crippen LogP contribution in [0.25, 0.3) is 16.9 Å². The van der Waals surface area contributed by atoms with E-state index >= 15 is 0 Å². The van der Waals surface area contributed by atoms with Crippen molar-refractivity contribution in [2.24, 2.45) is 5.14 Å². The number of rotatable bonds is 4. The van der Waals surface area contributed by atoms with Gasteiger partial charge in [-0.15, -0.1) is 0 Å². The van der Waals surface area contributed by atoms with Crippen molar-refractivity contribution in [2.75, 3.05) is 6.26 Å². The van der Waals surface area contributed by atoms with Crippen LogP contribution in [0.3, 0.4) is 0 Å². The Hall–Kier alpha value is -2.16. The van der Waals surface area contributed by atoms with E-state index < -0.39 is 10.0 Å². The molecule has 0 aliphatic carbocycles. The van der Waals surface area contributed by atoms with Gasteiger partial charge in [-0.1, -0.05) is 23.9 Å².